The van der Waals surface area contributed by atoms with Crippen LogP contribution in [0.15, 0.2) is 42.6 Å². The molecule has 0 aliphatic rings. The highest BCUT2D eigenvalue weighted by molar-refractivity contribution is 6.06. The molecule has 0 unspecified atom stereocenters. The fourth-order valence-electron chi connectivity index (χ4n) is 2.63. The number of pyridine rings is 1. The normalized spacial score (nSPS) is 10.8. The Hall–Kier alpha value is -3.33. The van der Waals surface area contributed by atoms with Gasteiger partial charge in [0.25, 0.3) is 11.8 Å². The van der Waals surface area contributed by atoms with E-state index < -0.39 is 23.4 Å². The Morgan fingerprint density at radius 3 is 2.71 bits per heavy atom. The Morgan fingerprint density at radius 2 is 1.96 bits per heavy atom. The summed E-state index contributed by atoms with van der Waals surface area (Å²) in [6, 6.07) is 8.07. The highest BCUT2D eigenvalue weighted by atomic mass is 19.2. The van der Waals surface area contributed by atoms with Crippen molar-refractivity contribution in [1.82, 2.24) is 14.7 Å². The van der Waals surface area contributed by atoms with Crippen LogP contribution in [0.3, 0.4) is 0 Å². The molecule has 1 aromatic carbocycles. The van der Waals surface area contributed by atoms with Crippen molar-refractivity contribution in [3.05, 3.63) is 65.7 Å². The van der Waals surface area contributed by atoms with Gasteiger partial charge in [0.2, 0.25) is 5.82 Å². The first-order chi connectivity index (χ1) is 13.5. The number of imidazole rings is 1. The summed E-state index contributed by atoms with van der Waals surface area (Å²) in [4.78, 5) is 29.2. The Balaban J connectivity index is 1.85. The highest BCUT2D eigenvalue weighted by Gasteiger charge is 2.21. The van der Waals surface area contributed by atoms with Crippen molar-refractivity contribution in [3.8, 4) is 0 Å². The van der Waals surface area contributed by atoms with Crippen molar-refractivity contribution < 1.29 is 23.1 Å². The number of carbonyl (C=O) groups excluding carboxylic acids is 2. The molecule has 0 bridgehead atoms. The summed E-state index contributed by atoms with van der Waals surface area (Å²) in [5, 5.41) is 5.18. The van der Waals surface area contributed by atoms with Crippen molar-refractivity contribution >= 4 is 23.0 Å². The first-order valence-corrected chi connectivity index (χ1v) is 8.52. The van der Waals surface area contributed by atoms with E-state index in [0.717, 1.165) is 12.1 Å². The topological polar surface area (TPSA) is 84.7 Å². The van der Waals surface area contributed by atoms with Crippen molar-refractivity contribution in [2.45, 2.75) is 6.42 Å². The lowest BCUT2D eigenvalue weighted by molar-refractivity contribution is 0.0946. The third kappa shape index (κ3) is 4.15. The van der Waals surface area contributed by atoms with Crippen LogP contribution in [-0.4, -0.2) is 41.5 Å². The zero-order valence-corrected chi connectivity index (χ0v) is 15.0. The molecule has 3 rings (SSSR count). The molecule has 2 heterocycles. The number of rotatable bonds is 7. The monoisotopic (exact) mass is 388 g/mol. The van der Waals surface area contributed by atoms with Crippen LogP contribution in [-0.2, 0) is 4.74 Å². The fourth-order valence-corrected chi connectivity index (χ4v) is 2.63. The average Bonchev–Trinajstić information content (AvgIpc) is 3.08. The van der Waals surface area contributed by atoms with E-state index in [9.17, 15) is 18.4 Å². The Kier molecular flexibility index (Phi) is 5.95. The van der Waals surface area contributed by atoms with E-state index in [2.05, 4.69) is 15.6 Å². The quantitative estimate of drug-likeness (QED) is 0.610. The first-order valence-electron chi connectivity index (χ1n) is 8.52. The predicted octanol–water partition coefficient (Wildman–Crippen LogP) is 2.63. The molecule has 0 saturated carbocycles. The molecule has 7 nitrogen and oxygen atoms in total. The van der Waals surface area contributed by atoms with E-state index in [1.807, 2.05) is 0 Å². The summed E-state index contributed by atoms with van der Waals surface area (Å²) in [7, 11) is 1.57. The van der Waals surface area contributed by atoms with E-state index in [1.165, 1.54) is 10.5 Å². The molecule has 2 aromatic heterocycles. The summed E-state index contributed by atoms with van der Waals surface area (Å²) in [5.74, 6) is -3.24. The number of fused-ring (bicyclic) bond motifs is 1. The van der Waals surface area contributed by atoms with Gasteiger partial charge >= 0.3 is 0 Å². The maximum absolute atomic E-state index is 13.4. The molecule has 0 radical (unpaired) electrons. The summed E-state index contributed by atoms with van der Waals surface area (Å²) in [5.41, 5.74) is 0.609. The number of anilines is 1. The Morgan fingerprint density at radius 1 is 1.14 bits per heavy atom. The Labute approximate surface area is 159 Å². The van der Waals surface area contributed by atoms with Crippen LogP contribution in [0.5, 0.6) is 0 Å². The van der Waals surface area contributed by atoms with Gasteiger partial charge in [0.1, 0.15) is 0 Å². The minimum atomic E-state index is -1.08. The number of aromatic nitrogens is 2. The van der Waals surface area contributed by atoms with Gasteiger partial charge in [-0.2, -0.15) is 0 Å². The minimum Gasteiger partial charge on any atom is -0.385 e. The van der Waals surface area contributed by atoms with Crippen molar-refractivity contribution in [3.63, 3.8) is 0 Å². The highest BCUT2D eigenvalue weighted by Crippen LogP contribution is 2.17. The fraction of sp³-hybridized carbons (Fsp3) is 0.211. The van der Waals surface area contributed by atoms with Crippen LogP contribution in [0.25, 0.3) is 5.52 Å². The summed E-state index contributed by atoms with van der Waals surface area (Å²) < 4.78 is 32.8. The molecule has 0 saturated heterocycles. The third-order valence-electron chi connectivity index (χ3n) is 3.95. The number of halogens is 2. The number of amides is 2. The van der Waals surface area contributed by atoms with Crippen molar-refractivity contribution in [2.24, 2.45) is 0 Å². The molecule has 0 atom stereocenters. The van der Waals surface area contributed by atoms with Gasteiger partial charge in [-0.05, 0) is 30.7 Å². The second-order valence-electron chi connectivity index (χ2n) is 5.93. The number of carbonyl (C=O) groups is 2. The molecular weight excluding hydrogens is 370 g/mol. The standard InChI is InChI=1S/C19H18F2N4O3/c1-28-10-4-8-22-18(26)16-15-5-2-3-9-25(15)17(24-16)19(27)23-12-6-7-13(20)14(21)11-12/h2-3,5-7,9,11H,4,8,10H2,1H3,(H,22,26)(H,23,27). The lowest BCUT2D eigenvalue weighted by Gasteiger charge is -2.05. The first kappa shape index (κ1) is 19.4. The number of nitrogens with one attached hydrogen (secondary N) is 2. The van der Waals surface area contributed by atoms with E-state index >= 15 is 0 Å². The van der Waals surface area contributed by atoms with E-state index in [1.54, 1.807) is 31.5 Å². The van der Waals surface area contributed by atoms with Gasteiger partial charge in [0.05, 0.1) is 5.52 Å². The number of hydrogen-bond donors (Lipinski definition) is 2. The maximum atomic E-state index is 13.4. The zero-order chi connectivity index (χ0) is 20.1. The minimum absolute atomic E-state index is 0.0534. The molecule has 28 heavy (non-hydrogen) atoms. The smallest absolute Gasteiger partial charge is 0.292 e. The molecule has 0 aliphatic heterocycles. The van der Waals surface area contributed by atoms with Crippen LogP contribution in [0, 0.1) is 11.6 Å². The number of benzene rings is 1. The van der Waals surface area contributed by atoms with Gasteiger partial charge in [-0.3, -0.25) is 14.0 Å². The van der Waals surface area contributed by atoms with Gasteiger partial charge in [0.15, 0.2) is 17.3 Å². The molecule has 2 amide bonds. The van der Waals surface area contributed by atoms with Crippen LogP contribution in [0.4, 0.5) is 14.5 Å². The van der Waals surface area contributed by atoms with E-state index in [4.69, 9.17) is 4.74 Å². The molecule has 0 fully saturated rings. The second kappa shape index (κ2) is 8.57. The lowest BCUT2D eigenvalue weighted by Crippen LogP contribution is -2.26. The maximum Gasteiger partial charge on any atom is 0.292 e. The zero-order valence-electron chi connectivity index (χ0n) is 15.0. The predicted molar refractivity (Wildman–Crippen MR) is 98.3 cm³/mol. The Bertz CT molecular complexity index is 1020. The number of hydrogen-bond acceptors (Lipinski definition) is 4. The number of methoxy groups -OCH3 is 1. The summed E-state index contributed by atoms with van der Waals surface area (Å²) in [6.07, 6.45) is 2.22. The van der Waals surface area contributed by atoms with Crippen LogP contribution < -0.4 is 10.6 Å². The number of nitrogens with zero attached hydrogens (tertiary/aromatic N) is 2. The lowest BCUT2D eigenvalue weighted by atomic mass is 10.3. The van der Waals surface area contributed by atoms with E-state index in [-0.39, 0.29) is 17.2 Å². The molecule has 0 aliphatic carbocycles. The summed E-state index contributed by atoms with van der Waals surface area (Å²) in [6.45, 7) is 0.904. The molecular formula is C19H18F2N4O3. The summed E-state index contributed by atoms with van der Waals surface area (Å²) >= 11 is 0. The van der Waals surface area contributed by atoms with Crippen molar-refractivity contribution in [2.75, 3.05) is 25.6 Å². The molecule has 3 aromatic rings. The van der Waals surface area contributed by atoms with Gasteiger partial charge in [0, 0.05) is 38.2 Å². The van der Waals surface area contributed by atoms with Crippen LogP contribution in [0.2, 0.25) is 0 Å². The molecule has 0 spiro atoms. The van der Waals surface area contributed by atoms with Crippen molar-refractivity contribution in [1.29, 1.82) is 0 Å². The van der Waals surface area contributed by atoms with E-state index in [0.29, 0.717) is 25.1 Å². The SMILES string of the molecule is COCCCNC(=O)c1nc(C(=O)Nc2ccc(F)c(F)c2)n2ccccc12. The third-order valence-corrected chi connectivity index (χ3v) is 3.95. The van der Waals surface area contributed by atoms with Gasteiger partial charge < -0.3 is 15.4 Å². The average molecular weight is 388 g/mol. The van der Waals surface area contributed by atoms with Crippen LogP contribution in [0.1, 0.15) is 27.5 Å². The van der Waals surface area contributed by atoms with Gasteiger partial charge in [-0.15, -0.1) is 0 Å². The van der Waals surface area contributed by atoms with Gasteiger partial charge in [-0.1, -0.05) is 6.07 Å². The second-order valence-corrected chi connectivity index (χ2v) is 5.93. The van der Waals surface area contributed by atoms with Gasteiger partial charge in [-0.25, -0.2) is 13.8 Å². The largest absolute Gasteiger partial charge is 0.385 e. The van der Waals surface area contributed by atoms with Crippen LogP contribution >= 0.6 is 0 Å². The number of ether oxygens (including phenoxy) is 1. The molecule has 146 valence electrons. The molecule has 2 N–H and O–H groups in total. The molecule has 9 heteroatoms.